The Kier molecular flexibility index (Phi) is 4.60. The van der Waals surface area contributed by atoms with Gasteiger partial charge in [-0.3, -0.25) is 4.79 Å². The van der Waals surface area contributed by atoms with Crippen molar-refractivity contribution in [3.05, 3.63) is 59.7 Å². The van der Waals surface area contributed by atoms with Gasteiger partial charge in [-0.05, 0) is 42.3 Å². The number of benzene rings is 2. The summed E-state index contributed by atoms with van der Waals surface area (Å²) in [4.78, 5) is 11.9. The van der Waals surface area contributed by atoms with E-state index in [4.69, 9.17) is 4.74 Å². The van der Waals surface area contributed by atoms with Gasteiger partial charge in [0.1, 0.15) is 11.5 Å². The quantitative estimate of drug-likeness (QED) is 0.877. The van der Waals surface area contributed by atoms with Crippen LogP contribution in [0, 0.1) is 0 Å². The standard InChI is InChI=1S/C16H17NO3/c1-20-15-5-3-2-4-12(15)10-11-17-16(19)13-6-8-14(18)9-7-13/h2-9,18H,10-11H2,1H3,(H,17,19). The number of methoxy groups -OCH3 is 1. The van der Waals surface area contributed by atoms with Gasteiger partial charge in [-0.1, -0.05) is 18.2 Å². The van der Waals surface area contributed by atoms with Crippen LogP contribution in [0.25, 0.3) is 0 Å². The summed E-state index contributed by atoms with van der Waals surface area (Å²) in [7, 11) is 1.63. The van der Waals surface area contributed by atoms with Crippen LogP contribution in [0.15, 0.2) is 48.5 Å². The van der Waals surface area contributed by atoms with Crippen molar-refractivity contribution in [1.29, 1.82) is 0 Å². The molecule has 0 heterocycles. The molecule has 1 amide bonds. The highest BCUT2D eigenvalue weighted by atomic mass is 16.5. The molecular formula is C16H17NO3. The lowest BCUT2D eigenvalue weighted by Gasteiger charge is -2.09. The minimum Gasteiger partial charge on any atom is -0.508 e. The molecule has 2 rings (SSSR count). The predicted octanol–water partition coefficient (Wildman–Crippen LogP) is 2.37. The first-order valence-corrected chi connectivity index (χ1v) is 6.40. The van der Waals surface area contributed by atoms with Gasteiger partial charge in [0.05, 0.1) is 7.11 Å². The van der Waals surface area contributed by atoms with E-state index in [0.29, 0.717) is 18.5 Å². The lowest BCUT2D eigenvalue weighted by molar-refractivity contribution is 0.0954. The monoisotopic (exact) mass is 271 g/mol. The summed E-state index contributed by atoms with van der Waals surface area (Å²) in [5.41, 5.74) is 1.59. The smallest absolute Gasteiger partial charge is 0.251 e. The van der Waals surface area contributed by atoms with Crippen molar-refractivity contribution in [2.24, 2.45) is 0 Å². The molecule has 0 bridgehead atoms. The molecule has 0 saturated carbocycles. The summed E-state index contributed by atoms with van der Waals surface area (Å²) in [6, 6.07) is 13.9. The van der Waals surface area contributed by atoms with E-state index in [2.05, 4.69) is 5.32 Å². The average molecular weight is 271 g/mol. The van der Waals surface area contributed by atoms with Crippen molar-refractivity contribution < 1.29 is 14.6 Å². The molecule has 2 aromatic rings. The summed E-state index contributed by atoms with van der Waals surface area (Å²) in [6.07, 6.45) is 0.702. The second-order valence-electron chi connectivity index (χ2n) is 4.36. The van der Waals surface area contributed by atoms with Gasteiger partial charge in [0, 0.05) is 12.1 Å². The number of carbonyl (C=O) groups is 1. The van der Waals surface area contributed by atoms with Gasteiger partial charge in [-0.25, -0.2) is 0 Å². The van der Waals surface area contributed by atoms with Gasteiger partial charge in [0.2, 0.25) is 0 Å². The molecule has 0 radical (unpaired) electrons. The first kappa shape index (κ1) is 13.9. The molecule has 0 spiro atoms. The third-order valence-corrected chi connectivity index (χ3v) is 3.00. The highest BCUT2D eigenvalue weighted by Crippen LogP contribution is 2.17. The van der Waals surface area contributed by atoms with Crippen LogP contribution in [0.2, 0.25) is 0 Å². The van der Waals surface area contributed by atoms with Gasteiger partial charge in [-0.2, -0.15) is 0 Å². The van der Waals surface area contributed by atoms with Crippen molar-refractivity contribution >= 4 is 5.91 Å². The van der Waals surface area contributed by atoms with E-state index in [0.717, 1.165) is 11.3 Å². The molecule has 104 valence electrons. The Labute approximate surface area is 118 Å². The van der Waals surface area contributed by atoms with E-state index >= 15 is 0 Å². The number of phenolic OH excluding ortho intramolecular Hbond substituents is 1. The molecule has 0 aliphatic heterocycles. The zero-order chi connectivity index (χ0) is 14.4. The van der Waals surface area contributed by atoms with Crippen molar-refractivity contribution in [3.8, 4) is 11.5 Å². The molecule has 4 nitrogen and oxygen atoms in total. The van der Waals surface area contributed by atoms with Crippen molar-refractivity contribution in [2.45, 2.75) is 6.42 Å². The first-order valence-electron chi connectivity index (χ1n) is 6.40. The van der Waals surface area contributed by atoms with Crippen LogP contribution in [-0.2, 0) is 6.42 Å². The first-order chi connectivity index (χ1) is 9.70. The summed E-state index contributed by atoms with van der Waals surface area (Å²) in [5, 5.41) is 12.0. The van der Waals surface area contributed by atoms with Crippen LogP contribution in [0.4, 0.5) is 0 Å². The Morgan fingerprint density at radius 2 is 1.85 bits per heavy atom. The molecule has 0 atom stereocenters. The van der Waals surface area contributed by atoms with Crippen LogP contribution in [0.3, 0.4) is 0 Å². The lowest BCUT2D eigenvalue weighted by Crippen LogP contribution is -2.25. The predicted molar refractivity (Wildman–Crippen MR) is 77.1 cm³/mol. The fourth-order valence-electron chi connectivity index (χ4n) is 1.94. The van der Waals surface area contributed by atoms with Crippen LogP contribution < -0.4 is 10.1 Å². The number of hydrogen-bond donors (Lipinski definition) is 2. The lowest BCUT2D eigenvalue weighted by atomic mass is 10.1. The summed E-state index contributed by atoms with van der Waals surface area (Å²) in [6.45, 7) is 0.528. The van der Waals surface area contributed by atoms with Crippen molar-refractivity contribution in [3.63, 3.8) is 0 Å². The third-order valence-electron chi connectivity index (χ3n) is 3.00. The number of nitrogens with one attached hydrogen (secondary N) is 1. The highest BCUT2D eigenvalue weighted by molar-refractivity contribution is 5.94. The third kappa shape index (κ3) is 3.51. The molecule has 2 N–H and O–H groups in total. The molecule has 4 heteroatoms. The van der Waals surface area contributed by atoms with E-state index in [-0.39, 0.29) is 11.7 Å². The van der Waals surface area contributed by atoms with Crippen LogP contribution in [0.5, 0.6) is 11.5 Å². The van der Waals surface area contributed by atoms with Crippen molar-refractivity contribution in [1.82, 2.24) is 5.32 Å². The molecular weight excluding hydrogens is 254 g/mol. The van der Waals surface area contributed by atoms with E-state index in [1.165, 1.54) is 12.1 Å². The van der Waals surface area contributed by atoms with Crippen LogP contribution in [0.1, 0.15) is 15.9 Å². The maximum atomic E-state index is 11.9. The van der Waals surface area contributed by atoms with E-state index in [1.54, 1.807) is 19.2 Å². The zero-order valence-electron chi connectivity index (χ0n) is 11.3. The van der Waals surface area contributed by atoms with Gasteiger partial charge >= 0.3 is 0 Å². The van der Waals surface area contributed by atoms with Crippen LogP contribution >= 0.6 is 0 Å². The SMILES string of the molecule is COc1ccccc1CCNC(=O)c1ccc(O)cc1. The number of aromatic hydroxyl groups is 1. The second kappa shape index (κ2) is 6.61. The molecule has 0 fully saturated rings. The number of ether oxygens (including phenoxy) is 1. The average Bonchev–Trinajstić information content (AvgIpc) is 2.48. The fourth-order valence-corrected chi connectivity index (χ4v) is 1.94. The Morgan fingerprint density at radius 1 is 1.15 bits per heavy atom. The van der Waals surface area contributed by atoms with E-state index in [9.17, 15) is 9.90 Å². The normalized spacial score (nSPS) is 10.1. The number of carbonyl (C=O) groups excluding carboxylic acids is 1. The molecule has 2 aromatic carbocycles. The summed E-state index contributed by atoms with van der Waals surface area (Å²) in [5.74, 6) is 0.821. The van der Waals surface area contributed by atoms with Gasteiger partial charge < -0.3 is 15.2 Å². The van der Waals surface area contributed by atoms with E-state index < -0.39 is 0 Å². The molecule has 0 aromatic heterocycles. The highest BCUT2D eigenvalue weighted by Gasteiger charge is 2.06. The topological polar surface area (TPSA) is 58.6 Å². The molecule has 0 saturated heterocycles. The molecule has 20 heavy (non-hydrogen) atoms. The second-order valence-corrected chi connectivity index (χ2v) is 4.36. The number of amides is 1. The Bertz CT molecular complexity index is 579. The zero-order valence-corrected chi connectivity index (χ0v) is 11.3. The Morgan fingerprint density at radius 3 is 2.55 bits per heavy atom. The van der Waals surface area contributed by atoms with Gasteiger partial charge in [0.15, 0.2) is 0 Å². The minimum absolute atomic E-state index is 0.149. The number of rotatable bonds is 5. The molecule has 0 aliphatic rings. The Balaban J connectivity index is 1.89. The number of para-hydroxylation sites is 1. The minimum atomic E-state index is -0.153. The largest absolute Gasteiger partial charge is 0.508 e. The molecule has 0 aliphatic carbocycles. The number of phenols is 1. The maximum Gasteiger partial charge on any atom is 0.251 e. The van der Waals surface area contributed by atoms with Gasteiger partial charge in [-0.15, -0.1) is 0 Å². The molecule has 0 unspecified atom stereocenters. The van der Waals surface area contributed by atoms with E-state index in [1.807, 2.05) is 24.3 Å². The van der Waals surface area contributed by atoms with Crippen molar-refractivity contribution in [2.75, 3.05) is 13.7 Å². The fraction of sp³-hybridized carbons (Fsp3) is 0.188. The van der Waals surface area contributed by atoms with Gasteiger partial charge in [0.25, 0.3) is 5.91 Å². The Hall–Kier alpha value is -2.49. The maximum absolute atomic E-state index is 11.9. The summed E-state index contributed by atoms with van der Waals surface area (Å²) < 4.78 is 5.26. The van der Waals surface area contributed by atoms with Crippen LogP contribution in [-0.4, -0.2) is 24.7 Å². The number of hydrogen-bond acceptors (Lipinski definition) is 3. The summed E-state index contributed by atoms with van der Waals surface area (Å²) >= 11 is 0.